The number of carbonyl (C=O) groups is 2. The lowest BCUT2D eigenvalue weighted by molar-refractivity contribution is -0.136. The van der Waals surface area contributed by atoms with Crippen molar-refractivity contribution in [2.75, 3.05) is 5.32 Å². The normalized spacial score (nSPS) is 27.5. The lowest BCUT2D eigenvalue weighted by Crippen LogP contribution is -2.45. The van der Waals surface area contributed by atoms with Crippen LogP contribution in [0.3, 0.4) is 0 Å². The summed E-state index contributed by atoms with van der Waals surface area (Å²) in [6, 6.07) is 7.23. The molecule has 22 heavy (non-hydrogen) atoms. The second-order valence-corrected chi connectivity index (χ2v) is 7.48. The van der Waals surface area contributed by atoms with E-state index in [0.29, 0.717) is 11.6 Å². The molecule has 1 aromatic carbocycles. The van der Waals surface area contributed by atoms with Gasteiger partial charge in [0.15, 0.2) is 0 Å². The van der Waals surface area contributed by atoms with E-state index >= 15 is 0 Å². The average Bonchev–Trinajstić information content (AvgIpc) is 3.12. The molecule has 0 spiro atoms. The number of carbonyl (C=O) groups excluding carboxylic acids is 2. The van der Waals surface area contributed by atoms with Crippen LogP contribution in [0.4, 0.5) is 5.69 Å². The molecule has 4 unspecified atom stereocenters. The quantitative estimate of drug-likeness (QED) is 0.808. The summed E-state index contributed by atoms with van der Waals surface area (Å²) in [4.78, 5) is 24.0. The maximum absolute atomic E-state index is 12.1. The predicted octanol–water partition coefficient (Wildman–Crippen LogP) is 3.33. The maximum atomic E-state index is 12.1. The van der Waals surface area contributed by atoms with Crippen LogP contribution in [0.1, 0.15) is 32.6 Å². The Morgan fingerprint density at radius 1 is 1.14 bits per heavy atom. The van der Waals surface area contributed by atoms with Crippen LogP contribution in [0.5, 0.6) is 0 Å². The van der Waals surface area contributed by atoms with Crippen LogP contribution in [0.2, 0.25) is 0 Å². The second kappa shape index (κ2) is 6.41. The molecule has 4 nitrogen and oxygen atoms in total. The first-order valence-corrected chi connectivity index (χ1v) is 8.69. The molecule has 1 aromatic rings. The number of anilines is 1. The Hall–Kier alpha value is -1.36. The lowest BCUT2D eigenvalue weighted by atomic mass is 9.84. The van der Waals surface area contributed by atoms with Crippen LogP contribution in [0.25, 0.3) is 0 Å². The Morgan fingerprint density at radius 2 is 1.86 bits per heavy atom. The van der Waals surface area contributed by atoms with E-state index in [1.54, 1.807) is 12.1 Å². The Morgan fingerprint density at radius 3 is 2.45 bits per heavy atom. The minimum Gasteiger partial charge on any atom is -0.345 e. The van der Waals surface area contributed by atoms with Gasteiger partial charge in [-0.1, -0.05) is 22.4 Å². The third-order valence-corrected chi connectivity index (χ3v) is 5.63. The zero-order valence-electron chi connectivity index (χ0n) is 12.6. The van der Waals surface area contributed by atoms with Crippen molar-refractivity contribution in [1.29, 1.82) is 0 Å². The molecule has 0 radical (unpaired) electrons. The van der Waals surface area contributed by atoms with Crippen molar-refractivity contribution in [2.24, 2.45) is 17.8 Å². The van der Waals surface area contributed by atoms with E-state index in [2.05, 4.69) is 26.6 Å². The summed E-state index contributed by atoms with van der Waals surface area (Å²) >= 11 is 3.33. The van der Waals surface area contributed by atoms with Crippen molar-refractivity contribution >= 4 is 33.4 Å². The van der Waals surface area contributed by atoms with Gasteiger partial charge in [0.1, 0.15) is 0 Å². The Balaban J connectivity index is 1.52. The molecule has 2 aliphatic rings. The molecule has 2 aliphatic carbocycles. The Kier molecular flexibility index (Phi) is 4.52. The molecule has 4 atom stereocenters. The smallest absolute Gasteiger partial charge is 0.313 e. The van der Waals surface area contributed by atoms with Crippen molar-refractivity contribution in [1.82, 2.24) is 5.32 Å². The fourth-order valence-electron chi connectivity index (χ4n) is 4.01. The second-order valence-electron chi connectivity index (χ2n) is 6.56. The number of hydrogen-bond acceptors (Lipinski definition) is 2. The van der Waals surface area contributed by atoms with Gasteiger partial charge in [-0.3, -0.25) is 9.59 Å². The van der Waals surface area contributed by atoms with E-state index in [0.717, 1.165) is 16.3 Å². The van der Waals surface area contributed by atoms with E-state index in [-0.39, 0.29) is 6.04 Å². The molecule has 2 saturated carbocycles. The van der Waals surface area contributed by atoms with E-state index in [1.807, 2.05) is 19.1 Å². The van der Waals surface area contributed by atoms with E-state index in [4.69, 9.17) is 0 Å². The standard InChI is InChI=1S/C17H21BrN2O2/c1-10(15-9-11-2-3-12(15)8-11)19-16(21)17(22)20-14-6-4-13(18)5-7-14/h4-7,10-12,15H,2-3,8-9H2,1H3,(H,19,21)(H,20,22). The highest BCUT2D eigenvalue weighted by molar-refractivity contribution is 9.10. The molecule has 2 bridgehead atoms. The molecule has 3 rings (SSSR count). The molecule has 2 amide bonds. The molecular formula is C17H21BrN2O2. The minimum absolute atomic E-state index is 0.0680. The largest absolute Gasteiger partial charge is 0.345 e. The summed E-state index contributed by atoms with van der Waals surface area (Å²) in [5, 5.41) is 5.50. The number of rotatable bonds is 3. The highest BCUT2D eigenvalue weighted by atomic mass is 79.9. The first-order chi connectivity index (χ1) is 10.5. The molecule has 0 heterocycles. The van der Waals surface area contributed by atoms with Gasteiger partial charge in [0.25, 0.3) is 0 Å². The molecular weight excluding hydrogens is 344 g/mol. The van der Waals surface area contributed by atoms with Gasteiger partial charge in [0.2, 0.25) is 0 Å². The number of benzene rings is 1. The van der Waals surface area contributed by atoms with Gasteiger partial charge in [-0.25, -0.2) is 0 Å². The predicted molar refractivity (Wildman–Crippen MR) is 89.3 cm³/mol. The summed E-state index contributed by atoms with van der Waals surface area (Å²) in [6.07, 6.45) is 5.11. The number of hydrogen-bond donors (Lipinski definition) is 2. The summed E-state index contributed by atoms with van der Waals surface area (Å²) in [5.74, 6) is 0.958. The number of nitrogens with one attached hydrogen (secondary N) is 2. The molecule has 0 aliphatic heterocycles. The fraction of sp³-hybridized carbons (Fsp3) is 0.529. The maximum Gasteiger partial charge on any atom is 0.313 e. The molecule has 0 saturated heterocycles. The first kappa shape index (κ1) is 15.5. The Bertz CT molecular complexity index is 573. The topological polar surface area (TPSA) is 58.2 Å². The van der Waals surface area contributed by atoms with Crippen LogP contribution in [-0.2, 0) is 9.59 Å². The van der Waals surface area contributed by atoms with Gasteiger partial charge in [0.05, 0.1) is 0 Å². The zero-order valence-corrected chi connectivity index (χ0v) is 14.2. The van der Waals surface area contributed by atoms with Crippen molar-refractivity contribution < 1.29 is 9.59 Å². The van der Waals surface area contributed by atoms with Crippen LogP contribution < -0.4 is 10.6 Å². The van der Waals surface area contributed by atoms with E-state index < -0.39 is 11.8 Å². The summed E-state index contributed by atoms with van der Waals surface area (Å²) < 4.78 is 0.930. The van der Waals surface area contributed by atoms with Crippen molar-refractivity contribution in [2.45, 2.75) is 38.6 Å². The van der Waals surface area contributed by atoms with Crippen LogP contribution in [0, 0.1) is 17.8 Å². The van der Waals surface area contributed by atoms with Gasteiger partial charge in [-0.05, 0) is 68.2 Å². The molecule has 5 heteroatoms. The zero-order chi connectivity index (χ0) is 15.7. The molecule has 118 valence electrons. The van der Waals surface area contributed by atoms with Gasteiger partial charge < -0.3 is 10.6 Å². The van der Waals surface area contributed by atoms with Crippen molar-refractivity contribution in [3.8, 4) is 0 Å². The number of amides is 2. The third kappa shape index (κ3) is 3.35. The summed E-state index contributed by atoms with van der Waals surface area (Å²) in [5.41, 5.74) is 0.621. The fourth-order valence-corrected chi connectivity index (χ4v) is 4.27. The summed E-state index contributed by atoms with van der Waals surface area (Å²) in [7, 11) is 0. The molecule has 2 N–H and O–H groups in total. The van der Waals surface area contributed by atoms with Crippen molar-refractivity contribution in [3.05, 3.63) is 28.7 Å². The van der Waals surface area contributed by atoms with Crippen molar-refractivity contribution in [3.63, 3.8) is 0 Å². The SMILES string of the molecule is CC(NC(=O)C(=O)Nc1ccc(Br)cc1)C1CC2CCC1C2. The van der Waals surface area contributed by atoms with Crippen LogP contribution in [0.15, 0.2) is 28.7 Å². The van der Waals surface area contributed by atoms with Crippen LogP contribution >= 0.6 is 15.9 Å². The minimum atomic E-state index is -0.600. The van der Waals surface area contributed by atoms with E-state index in [9.17, 15) is 9.59 Å². The average molecular weight is 365 g/mol. The first-order valence-electron chi connectivity index (χ1n) is 7.90. The number of halogens is 1. The lowest BCUT2D eigenvalue weighted by Gasteiger charge is -2.28. The molecule has 0 aromatic heterocycles. The van der Waals surface area contributed by atoms with Gasteiger partial charge in [0, 0.05) is 16.2 Å². The monoisotopic (exact) mass is 364 g/mol. The van der Waals surface area contributed by atoms with Gasteiger partial charge in [-0.15, -0.1) is 0 Å². The number of fused-ring (bicyclic) bond motifs is 2. The third-order valence-electron chi connectivity index (χ3n) is 5.10. The van der Waals surface area contributed by atoms with Crippen LogP contribution in [-0.4, -0.2) is 17.9 Å². The van der Waals surface area contributed by atoms with Gasteiger partial charge >= 0.3 is 11.8 Å². The highest BCUT2D eigenvalue weighted by Crippen LogP contribution is 2.49. The van der Waals surface area contributed by atoms with Gasteiger partial charge in [-0.2, -0.15) is 0 Å². The van der Waals surface area contributed by atoms with E-state index in [1.165, 1.54) is 25.7 Å². The summed E-state index contributed by atoms with van der Waals surface area (Å²) in [6.45, 7) is 2.02. The molecule has 2 fully saturated rings. The Labute approximate surface area is 139 Å². The highest BCUT2D eigenvalue weighted by Gasteiger charge is 2.42.